The molecule has 0 aromatic heterocycles. The van der Waals surface area contributed by atoms with Crippen LogP contribution in [0.5, 0.6) is 0 Å². The molecule has 29 heavy (non-hydrogen) atoms. The Kier molecular flexibility index (Phi) is 6.74. The van der Waals surface area contributed by atoms with Gasteiger partial charge in [-0.1, -0.05) is 60.7 Å². The van der Waals surface area contributed by atoms with E-state index in [0.29, 0.717) is 6.54 Å². The summed E-state index contributed by atoms with van der Waals surface area (Å²) >= 11 is 0. The zero-order valence-corrected chi connectivity index (χ0v) is 16.5. The number of hydrogen-bond donors (Lipinski definition) is 1. The van der Waals surface area contributed by atoms with Gasteiger partial charge in [0, 0.05) is 13.1 Å². The number of carbonyl (C=O) groups is 1. The van der Waals surface area contributed by atoms with Crippen LogP contribution in [0, 0.1) is 5.82 Å². The zero-order valence-electron chi connectivity index (χ0n) is 15.7. The van der Waals surface area contributed by atoms with Crippen LogP contribution in [-0.4, -0.2) is 25.2 Å². The Labute approximate surface area is 169 Å². The van der Waals surface area contributed by atoms with Crippen LogP contribution in [0.3, 0.4) is 0 Å². The molecule has 7 heteroatoms. The fraction of sp³-hybridized carbons (Fsp3) is 0.136. The summed E-state index contributed by atoms with van der Waals surface area (Å²) in [6.07, 6.45) is 0. The number of benzene rings is 3. The van der Waals surface area contributed by atoms with Crippen molar-refractivity contribution in [2.75, 3.05) is 6.54 Å². The van der Waals surface area contributed by atoms with Gasteiger partial charge in [0.25, 0.3) is 0 Å². The minimum absolute atomic E-state index is 0.0271. The lowest BCUT2D eigenvalue weighted by Gasteiger charge is -2.22. The first-order valence-electron chi connectivity index (χ1n) is 9.05. The monoisotopic (exact) mass is 412 g/mol. The quantitative estimate of drug-likeness (QED) is 0.617. The van der Waals surface area contributed by atoms with E-state index in [1.807, 2.05) is 36.4 Å². The van der Waals surface area contributed by atoms with Gasteiger partial charge >= 0.3 is 0 Å². The van der Waals surface area contributed by atoms with Crippen molar-refractivity contribution in [3.8, 4) is 0 Å². The molecule has 0 saturated heterocycles. The highest BCUT2D eigenvalue weighted by Crippen LogP contribution is 2.19. The molecule has 5 nitrogen and oxygen atoms in total. The number of halogens is 1. The molecule has 3 aromatic rings. The Morgan fingerprint density at radius 1 is 0.828 bits per heavy atom. The number of amides is 1. The van der Waals surface area contributed by atoms with Crippen LogP contribution in [-0.2, 0) is 27.9 Å². The third kappa shape index (κ3) is 5.73. The molecule has 0 heterocycles. The van der Waals surface area contributed by atoms with Gasteiger partial charge in [0.1, 0.15) is 5.82 Å². The smallest absolute Gasteiger partial charge is 0.243 e. The highest BCUT2D eigenvalue weighted by molar-refractivity contribution is 7.89. The van der Waals surface area contributed by atoms with Crippen LogP contribution in [0.1, 0.15) is 11.1 Å². The molecule has 0 aliphatic heterocycles. The first kappa shape index (κ1) is 20.7. The predicted molar refractivity (Wildman–Crippen MR) is 109 cm³/mol. The van der Waals surface area contributed by atoms with Gasteiger partial charge in [-0.25, -0.2) is 12.8 Å². The fourth-order valence-corrected chi connectivity index (χ4v) is 4.17. The number of hydrogen-bond acceptors (Lipinski definition) is 3. The maximum atomic E-state index is 13.2. The van der Waals surface area contributed by atoms with Crippen molar-refractivity contribution in [3.05, 3.63) is 102 Å². The average molecular weight is 412 g/mol. The van der Waals surface area contributed by atoms with E-state index in [2.05, 4.69) is 5.32 Å². The van der Waals surface area contributed by atoms with Crippen molar-refractivity contribution in [1.29, 1.82) is 0 Å². The van der Waals surface area contributed by atoms with Crippen molar-refractivity contribution in [1.82, 2.24) is 9.62 Å². The Morgan fingerprint density at radius 2 is 1.38 bits per heavy atom. The van der Waals surface area contributed by atoms with Crippen molar-refractivity contribution in [2.45, 2.75) is 18.0 Å². The number of nitrogens with zero attached hydrogens (tertiary/aromatic N) is 1. The lowest BCUT2D eigenvalue weighted by molar-refractivity contribution is -0.121. The van der Waals surface area contributed by atoms with Crippen LogP contribution >= 0.6 is 0 Å². The van der Waals surface area contributed by atoms with Gasteiger partial charge in [-0.15, -0.1) is 0 Å². The summed E-state index contributed by atoms with van der Waals surface area (Å²) < 4.78 is 40.5. The topological polar surface area (TPSA) is 66.5 Å². The Hall–Kier alpha value is -3.03. The molecule has 0 spiro atoms. The standard InChI is InChI=1S/C22H21FN2O3S/c23-20-11-13-21(14-12-20)29(27,28)25(16-19-9-5-2-6-10-19)17-22(26)24-15-18-7-3-1-4-8-18/h1-14H,15-17H2,(H,24,26). The third-order valence-corrected chi connectivity index (χ3v) is 6.11. The molecule has 0 fully saturated rings. The van der Waals surface area contributed by atoms with Crippen molar-refractivity contribution >= 4 is 15.9 Å². The van der Waals surface area contributed by atoms with Crippen LogP contribution in [0.15, 0.2) is 89.8 Å². The predicted octanol–water partition coefficient (Wildman–Crippen LogP) is 3.33. The normalized spacial score (nSPS) is 11.4. The molecule has 0 bridgehead atoms. The molecular weight excluding hydrogens is 391 g/mol. The lowest BCUT2D eigenvalue weighted by atomic mass is 10.2. The van der Waals surface area contributed by atoms with E-state index in [-0.39, 0.29) is 18.0 Å². The van der Waals surface area contributed by atoms with E-state index in [0.717, 1.165) is 27.6 Å². The number of nitrogens with one attached hydrogen (secondary N) is 1. The maximum Gasteiger partial charge on any atom is 0.243 e. The third-order valence-electron chi connectivity index (χ3n) is 4.31. The van der Waals surface area contributed by atoms with Gasteiger partial charge in [-0.05, 0) is 35.4 Å². The SMILES string of the molecule is O=C(CN(Cc1ccccc1)S(=O)(=O)c1ccc(F)cc1)NCc1ccccc1. The van der Waals surface area contributed by atoms with Crippen molar-refractivity contribution < 1.29 is 17.6 Å². The molecular formula is C22H21FN2O3S. The highest BCUT2D eigenvalue weighted by Gasteiger charge is 2.27. The molecule has 0 unspecified atom stereocenters. The van der Waals surface area contributed by atoms with E-state index in [1.54, 1.807) is 24.3 Å². The van der Waals surface area contributed by atoms with E-state index in [4.69, 9.17) is 0 Å². The highest BCUT2D eigenvalue weighted by atomic mass is 32.2. The first-order chi connectivity index (χ1) is 13.9. The molecule has 3 aromatic carbocycles. The number of carbonyl (C=O) groups excluding carboxylic acids is 1. The van der Waals surface area contributed by atoms with Crippen LogP contribution in [0.25, 0.3) is 0 Å². The molecule has 1 amide bonds. The zero-order chi connectivity index (χ0) is 20.7. The van der Waals surface area contributed by atoms with Gasteiger partial charge in [-0.2, -0.15) is 4.31 Å². The summed E-state index contributed by atoms with van der Waals surface area (Å²) in [6, 6.07) is 22.9. The summed E-state index contributed by atoms with van der Waals surface area (Å²) in [5.41, 5.74) is 1.66. The number of rotatable bonds is 8. The number of sulfonamides is 1. The minimum Gasteiger partial charge on any atom is -0.351 e. The molecule has 0 radical (unpaired) electrons. The summed E-state index contributed by atoms with van der Waals surface area (Å²) in [5, 5.41) is 2.74. The molecule has 0 saturated carbocycles. The second kappa shape index (κ2) is 9.45. The summed E-state index contributed by atoms with van der Waals surface area (Å²) in [7, 11) is -3.99. The molecule has 0 aliphatic rings. The maximum absolute atomic E-state index is 13.2. The Bertz CT molecular complexity index is 1040. The van der Waals surface area contributed by atoms with Gasteiger partial charge < -0.3 is 5.32 Å². The Morgan fingerprint density at radius 3 is 1.97 bits per heavy atom. The molecule has 0 atom stereocenters. The molecule has 1 N–H and O–H groups in total. The minimum atomic E-state index is -3.99. The van der Waals surface area contributed by atoms with Gasteiger partial charge in [0.05, 0.1) is 11.4 Å². The van der Waals surface area contributed by atoms with E-state index >= 15 is 0 Å². The van der Waals surface area contributed by atoms with Crippen molar-refractivity contribution in [3.63, 3.8) is 0 Å². The van der Waals surface area contributed by atoms with Crippen LogP contribution < -0.4 is 5.32 Å². The lowest BCUT2D eigenvalue weighted by Crippen LogP contribution is -2.40. The van der Waals surface area contributed by atoms with E-state index < -0.39 is 21.7 Å². The fourth-order valence-electron chi connectivity index (χ4n) is 2.78. The van der Waals surface area contributed by atoms with Crippen LogP contribution in [0.4, 0.5) is 4.39 Å². The Balaban J connectivity index is 1.78. The van der Waals surface area contributed by atoms with Crippen molar-refractivity contribution in [2.24, 2.45) is 0 Å². The second-order valence-electron chi connectivity index (χ2n) is 6.47. The summed E-state index contributed by atoms with van der Waals surface area (Å²) in [6.45, 7) is -0.0177. The summed E-state index contributed by atoms with van der Waals surface area (Å²) in [4.78, 5) is 12.4. The average Bonchev–Trinajstić information content (AvgIpc) is 2.73. The van der Waals surface area contributed by atoms with E-state index in [1.165, 1.54) is 12.1 Å². The molecule has 0 aliphatic carbocycles. The van der Waals surface area contributed by atoms with Gasteiger partial charge in [-0.3, -0.25) is 4.79 Å². The second-order valence-corrected chi connectivity index (χ2v) is 8.41. The molecule has 3 rings (SSSR count). The molecule has 150 valence electrons. The first-order valence-corrected chi connectivity index (χ1v) is 10.5. The summed E-state index contributed by atoms with van der Waals surface area (Å²) in [5.74, 6) is -0.949. The van der Waals surface area contributed by atoms with Gasteiger partial charge in [0.2, 0.25) is 15.9 Å². The van der Waals surface area contributed by atoms with Crippen LogP contribution in [0.2, 0.25) is 0 Å². The largest absolute Gasteiger partial charge is 0.351 e. The van der Waals surface area contributed by atoms with Gasteiger partial charge in [0.15, 0.2) is 0 Å². The van der Waals surface area contributed by atoms with E-state index in [9.17, 15) is 17.6 Å².